The Kier molecular flexibility index (Phi) is 5.71. The standard InChI is InChI=1S/C21H15N3O5/c1-28-20-8-3-2-7-18(20)23-21(25)15(13-22)12-17-9-10-19(29-17)14-5-4-6-16(11-14)24(26)27/h2-12H,1H3,(H,23,25)/b15-12+. The minimum absolute atomic E-state index is 0.0649. The molecule has 0 unspecified atom stereocenters. The number of hydrogen-bond acceptors (Lipinski definition) is 6. The summed E-state index contributed by atoms with van der Waals surface area (Å²) in [5.74, 6) is 0.481. The van der Waals surface area contributed by atoms with Gasteiger partial charge in [0.25, 0.3) is 11.6 Å². The van der Waals surface area contributed by atoms with Crippen LogP contribution in [0.1, 0.15) is 5.76 Å². The quantitative estimate of drug-likeness (QED) is 0.289. The molecule has 0 radical (unpaired) electrons. The monoisotopic (exact) mass is 389 g/mol. The molecule has 29 heavy (non-hydrogen) atoms. The van der Waals surface area contributed by atoms with Crippen molar-refractivity contribution in [2.75, 3.05) is 12.4 Å². The van der Waals surface area contributed by atoms with Gasteiger partial charge in [0.1, 0.15) is 28.9 Å². The lowest BCUT2D eigenvalue weighted by Gasteiger charge is -2.08. The van der Waals surface area contributed by atoms with Crippen molar-refractivity contribution in [2.24, 2.45) is 0 Å². The van der Waals surface area contributed by atoms with E-state index in [0.29, 0.717) is 22.8 Å². The number of non-ortho nitro benzene ring substituents is 1. The van der Waals surface area contributed by atoms with Gasteiger partial charge in [-0.05, 0) is 24.3 Å². The number of para-hydroxylation sites is 2. The van der Waals surface area contributed by atoms with Gasteiger partial charge in [-0.25, -0.2) is 0 Å². The molecule has 1 amide bonds. The van der Waals surface area contributed by atoms with Crippen molar-refractivity contribution in [1.29, 1.82) is 5.26 Å². The first kappa shape index (κ1) is 19.4. The van der Waals surface area contributed by atoms with Gasteiger partial charge in [-0.15, -0.1) is 0 Å². The number of nitro groups is 1. The van der Waals surface area contributed by atoms with Crippen LogP contribution >= 0.6 is 0 Å². The van der Waals surface area contributed by atoms with Crippen LogP contribution in [-0.2, 0) is 4.79 Å². The van der Waals surface area contributed by atoms with Crippen LogP contribution in [0, 0.1) is 21.4 Å². The molecule has 144 valence electrons. The highest BCUT2D eigenvalue weighted by atomic mass is 16.6. The second-order valence-electron chi connectivity index (χ2n) is 5.83. The van der Waals surface area contributed by atoms with Gasteiger partial charge < -0.3 is 14.5 Å². The van der Waals surface area contributed by atoms with Crippen LogP contribution in [0.3, 0.4) is 0 Å². The Hall–Kier alpha value is -4.38. The number of nitrogens with zero attached hydrogens (tertiary/aromatic N) is 2. The van der Waals surface area contributed by atoms with E-state index in [0.717, 1.165) is 0 Å². The number of ether oxygens (including phenoxy) is 1. The summed E-state index contributed by atoms with van der Waals surface area (Å²) < 4.78 is 10.8. The molecule has 0 aliphatic heterocycles. The maximum atomic E-state index is 12.4. The molecule has 3 rings (SSSR count). The zero-order valence-corrected chi connectivity index (χ0v) is 15.3. The number of benzene rings is 2. The van der Waals surface area contributed by atoms with Crippen molar-refractivity contribution >= 4 is 23.4 Å². The zero-order chi connectivity index (χ0) is 20.8. The second-order valence-corrected chi connectivity index (χ2v) is 5.83. The molecule has 0 aliphatic carbocycles. The fourth-order valence-electron chi connectivity index (χ4n) is 2.59. The number of nitrogens with one attached hydrogen (secondary N) is 1. The Morgan fingerprint density at radius 3 is 2.72 bits per heavy atom. The Morgan fingerprint density at radius 2 is 2.00 bits per heavy atom. The smallest absolute Gasteiger partial charge is 0.270 e. The average Bonchev–Trinajstić information content (AvgIpc) is 3.21. The molecule has 0 spiro atoms. The van der Waals surface area contributed by atoms with E-state index in [-0.39, 0.29) is 17.0 Å². The first-order chi connectivity index (χ1) is 14.0. The number of furan rings is 1. The van der Waals surface area contributed by atoms with Crippen LogP contribution in [0.4, 0.5) is 11.4 Å². The summed E-state index contributed by atoms with van der Waals surface area (Å²) >= 11 is 0. The van der Waals surface area contributed by atoms with Crippen molar-refractivity contribution < 1.29 is 18.9 Å². The maximum Gasteiger partial charge on any atom is 0.270 e. The molecule has 0 atom stereocenters. The number of amides is 1. The Morgan fingerprint density at radius 1 is 1.21 bits per heavy atom. The fourth-order valence-corrected chi connectivity index (χ4v) is 2.59. The largest absolute Gasteiger partial charge is 0.495 e. The molecule has 1 N–H and O–H groups in total. The molecule has 0 saturated heterocycles. The average molecular weight is 389 g/mol. The number of anilines is 1. The van der Waals surface area contributed by atoms with E-state index < -0.39 is 10.8 Å². The van der Waals surface area contributed by atoms with Crippen LogP contribution in [-0.4, -0.2) is 17.9 Å². The lowest BCUT2D eigenvalue weighted by Crippen LogP contribution is -2.14. The van der Waals surface area contributed by atoms with Gasteiger partial charge in [0.15, 0.2) is 0 Å². The van der Waals surface area contributed by atoms with E-state index in [1.165, 1.54) is 25.3 Å². The molecular formula is C21H15N3O5. The van der Waals surface area contributed by atoms with Crippen LogP contribution in [0.25, 0.3) is 17.4 Å². The normalized spacial score (nSPS) is 10.8. The Balaban J connectivity index is 1.83. The number of hydrogen-bond donors (Lipinski definition) is 1. The van der Waals surface area contributed by atoms with Crippen LogP contribution < -0.4 is 10.1 Å². The number of carbonyl (C=O) groups is 1. The van der Waals surface area contributed by atoms with E-state index in [9.17, 15) is 20.2 Å². The van der Waals surface area contributed by atoms with Gasteiger partial charge in [-0.1, -0.05) is 24.3 Å². The fraction of sp³-hybridized carbons (Fsp3) is 0.0476. The Bertz CT molecular complexity index is 1140. The van der Waals surface area contributed by atoms with E-state index in [4.69, 9.17) is 9.15 Å². The van der Waals surface area contributed by atoms with Crippen molar-refractivity contribution in [2.45, 2.75) is 0 Å². The van der Waals surface area contributed by atoms with Crippen molar-refractivity contribution in [3.63, 3.8) is 0 Å². The zero-order valence-electron chi connectivity index (χ0n) is 15.3. The highest BCUT2D eigenvalue weighted by molar-refractivity contribution is 6.10. The minimum atomic E-state index is -0.620. The number of carbonyl (C=O) groups excluding carboxylic acids is 1. The summed E-state index contributed by atoms with van der Waals surface area (Å²) in [6.45, 7) is 0. The van der Waals surface area contributed by atoms with Gasteiger partial charge in [0, 0.05) is 23.8 Å². The molecule has 8 nitrogen and oxygen atoms in total. The highest BCUT2D eigenvalue weighted by Crippen LogP contribution is 2.27. The van der Waals surface area contributed by atoms with Crippen LogP contribution in [0.2, 0.25) is 0 Å². The van der Waals surface area contributed by atoms with Gasteiger partial charge in [-0.2, -0.15) is 5.26 Å². The molecule has 0 saturated carbocycles. The first-order valence-electron chi connectivity index (χ1n) is 8.42. The first-order valence-corrected chi connectivity index (χ1v) is 8.42. The lowest BCUT2D eigenvalue weighted by atomic mass is 10.1. The lowest BCUT2D eigenvalue weighted by molar-refractivity contribution is -0.384. The molecule has 1 aromatic heterocycles. The summed E-state index contributed by atoms with van der Waals surface area (Å²) in [4.78, 5) is 22.9. The predicted octanol–water partition coefficient (Wildman–Crippen LogP) is 4.41. The third kappa shape index (κ3) is 4.48. The number of rotatable bonds is 6. The van der Waals surface area contributed by atoms with E-state index in [1.807, 2.05) is 6.07 Å². The molecule has 8 heteroatoms. The number of nitriles is 1. The minimum Gasteiger partial charge on any atom is -0.495 e. The van der Waals surface area contributed by atoms with E-state index >= 15 is 0 Å². The molecule has 0 aliphatic rings. The van der Waals surface area contributed by atoms with E-state index in [2.05, 4.69) is 5.32 Å². The molecular weight excluding hydrogens is 374 g/mol. The summed E-state index contributed by atoms with van der Waals surface area (Å²) in [7, 11) is 1.48. The van der Waals surface area contributed by atoms with Gasteiger partial charge in [0.05, 0.1) is 17.7 Å². The summed E-state index contributed by atoms with van der Waals surface area (Å²) in [5.41, 5.74) is 0.703. The van der Waals surface area contributed by atoms with Crippen molar-refractivity contribution in [3.05, 3.63) is 82.1 Å². The predicted molar refractivity (Wildman–Crippen MR) is 106 cm³/mol. The van der Waals surface area contributed by atoms with Crippen LogP contribution in [0.15, 0.2) is 70.7 Å². The highest BCUT2D eigenvalue weighted by Gasteiger charge is 2.14. The second kappa shape index (κ2) is 8.54. The van der Waals surface area contributed by atoms with Gasteiger partial charge in [0.2, 0.25) is 0 Å². The van der Waals surface area contributed by atoms with Gasteiger partial charge >= 0.3 is 0 Å². The molecule has 1 heterocycles. The van der Waals surface area contributed by atoms with Crippen molar-refractivity contribution in [1.82, 2.24) is 0 Å². The number of nitro benzene ring substituents is 1. The maximum absolute atomic E-state index is 12.4. The van der Waals surface area contributed by atoms with E-state index in [1.54, 1.807) is 48.5 Å². The molecule has 0 fully saturated rings. The summed E-state index contributed by atoms with van der Waals surface area (Å²) in [5, 5.41) is 22.9. The molecule has 2 aromatic carbocycles. The SMILES string of the molecule is COc1ccccc1NC(=O)/C(C#N)=C/c1ccc(-c2cccc([N+](=O)[O-])c2)o1. The third-order valence-corrected chi connectivity index (χ3v) is 3.98. The number of methoxy groups -OCH3 is 1. The summed E-state index contributed by atoms with van der Waals surface area (Å²) in [6.07, 6.45) is 1.30. The Labute approximate surface area is 165 Å². The van der Waals surface area contributed by atoms with Gasteiger partial charge in [-0.3, -0.25) is 14.9 Å². The third-order valence-electron chi connectivity index (χ3n) is 3.98. The van der Waals surface area contributed by atoms with Crippen LogP contribution in [0.5, 0.6) is 5.75 Å². The van der Waals surface area contributed by atoms with Crippen molar-refractivity contribution in [3.8, 4) is 23.1 Å². The topological polar surface area (TPSA) is 118 Å². The molecule has 3 aromatic rings. The summed E-state index contributed by atoms with van der Waals surface area (Å²) in [6, 6.07) is 17.8. The molecule has 0 bridgehead atoms.